The average Bonchev–Trinajstić information content (AvgIpc) is 3.15. The van der Waals surface area contributed by atoms with Crippen LogP contribution in [0.4, 0.5) is 5.69 Å². The number of non-ortho nitro benzene ring substituents is 1. The summed E-state index contributed by atoms with van der Waals surface area (Å²) in [5, 5.41) is 18.9. The second kappa shape index (κ2) is 9.95. The molecule has 0 aliphatic carbocycles. The Labute approximate surface area is 170 Å². The predicted octanol–water partition coefficient (Wildman–Crippen LogP) is 4.51. The lowest BCUT2D eigenvalue weighted by atomic mass is 10.3. The van der Waals surface area contributed by atoms with Crippen LogP contribution in [0.2, 0.25) is 5.02 Å². The summed E-state index contributed by atoms with van der Waals surface area (Å²) in [5.41, 5.74) is 0.0448. The van der Waals surface area contributed by atoms with Gasteiger partial charge in [0.1, 0.15) is 18.1 Å². The van der Waals surface area contributed by atoms with E-state index >= 15 is 0 Å². The molecule has 28 heavy (non-hydrogen) atoms. The van der Waals surface area contributed by atoms with Gasteiger partial charge in [-0.05, 0) is 42.8 Å². The van der Waals surface area contributed by atoms with Crippen LogP contribution in [0.25, 0.3) is 0 Å². The van der Waals surface area contributed by atoms with Crippen LogP contribution in [0.1, 0.15) is 12.2 Å². The van der Waals surface area contributed by atoms with E-state index in [0.717, 1.165) is 12.2 Å². The molecule has 0 fully saturated rings. The second-order valence-electron chi connectivity index (χ2n) is 5.61. The van der Waals surface area contributed by atoms with E-state index in [0.29, 0.717) is 40.7 Å². The minimum Gasteiger partial charge on any atom is -0.494 e. The summed E-state index contributed by atoms with van der Waals surface area (Å²) in [4.78, 5) is 14.5. The van der Waals surface area contributed by atoms with Crippen LogP contribution in [0.5, 0.6) is 11.5 Å². The highest BCUT2D eigenvalue weighted by atomic mass is 35.5. The summed E-state index contributed by atoms with van der Waals surface area (Å²) in [7, 11) is 0. The van der Waals surface area contributed by atoms with Gasteiger partial charge in [-0.25, -0.2) is 4.98 Å². The van der Waals surface area contributed by atoms with Gasteiger partial charge in [0.2, 0.25) is 5.16 Å². The van der Waals surface area contributed by atoms with Crippen molar-refractivity contribution < 1.29 is 14.4 Å². The molecule has 0 radical (unpaired) electrons. The average molecular weight is 421 g/mol. The van der Waals surface area contributed by atoms with Crippen LogP contribution in [0, 0.1) is 10.1 Å². The number of halogens is 1. The number of ether oxygens (including phenoxy) is 2. The van der Waals surface area contributed by atoms with E-state index in [1.54, 1.807) is 36.4 Å². The number of nitro benzene ring substituents is 1. The molecule has 0 unspecified atom stereocenters. The Morgan fingerprint density at radius 2 is 1.75 bits per heavy atom. The normalized spacial score (nSPS) is 10.6. The van der Waals surface area contributed by atoms with Crippen LogP contribution < -0.4 is 9.47 Å². The predicted molar refractivity (Wildman–Crippen MR) is 106 cm³/mol. The smallest absolute Gasteiger partial charge is 0.269 e. The molecule has 1 N–H and O–H groups in total. The molecule has 0 spiro atoms. The van der Waals surface area contributed by atoms with Crippen molar-refractivity contribution in [3.8, 4) is 11.5 Å². The zero-order valence-electron chi connectivity index (χ0n) is 14.7. The number of nitrogens with one attached hydrogen (secondary N) is 1. The standard InChI is InChI=1S/C18H17ClN4O4S/c19-13-2-6-16(7-3-13)27-12-17-20-18(22-21-17)28-11-1-10-26-15-8-4-14(5-9-15)23(24)25/h2-9H,1,10-12H2,(H,20,21,22). The largest absolute Gasteiger partial charge is 0.494 e. The van der Waals surface area contributed by atoms with Crippen molar-refractivity contribution in [1.29, 1.82) is 0 Å². The van der Waals surface area contributed by atoms with Crippen LogP contribution in [0.3, 0.4) is 0 Å². The number of thioether (sulfide) groups is 1. The Morgan fingerprint density at radius 3 is 2.46 bits per heavy atom. The minimum atomic E-state index is -0.438. The molecule has 0 saturated carbocycles. The van der Waals surface area contributed by atoms with Gasteiger partial charge in [-0.15, -0.1) is 5.10 Å². The summed E-state index contributed by atoms with van der Waals surface area (Å²) in [5.74, 6) is 2.73. The monoisotopic (exact) mass is 420 g/mol. The molecule has 10 heteroatoms. The van der Waals surface area contributed by atoms with E-state index in [9.17, 15) is 10.1 Å². The first-order chi connectivity index (χ1) is 13.6. The molecule has 1 heterocycles. The molecule has 0 atom stereocenters. The van der Waals surface area contributed by atoms with Crippen LogP contribution in [-0.4, -0.2) is 32.5 Å². The van der Waals surface area contributed by atoms with Crippen molar-refractivity contribution in [3.63, 3.8) is 0 Å². The summed E-state index contributed by atoms with van der Waals surface area (Å²) < 4.78 is 11.2. The maximum Gasteiger partial charge on any atom is 0.269 e. The van der Waals surface area contributed by atoms with Gasteiger partial charge < -0.3 is 9.47 Å². The first kappa shape index (κ1) is 20.0. The lowest BCUT2D eigenvalue weighted by Gasteiger charge is -2.04. The van der Waals surface area contributed by atoms with E-state index in [2.05, 4.69) is 15.2 Å². The molecule has 146 valence electrons. The number of aromatic amines is 1. The number of H-pyrrole nitrogens is 1. The van der Waals surface area contributed by atoms with E-state index in [1.165, 1.54) is 23.9 Å². The number of aromatic nitrogens is 3. The van der Waals surface area contributed by atoms with Gasteiger partial charge in [0.25, 0.3) is 5.69 Å². The molecule has 0 saturated heterocycles. The Balaban J connectivity index is 1.34. The molecule has 0 bridgehead atoms. The third-order valence-electron chi connectivity index (χ3n) is 3.54. The van der Waals surface area contributed by atoms with Crippen molar-refractivity contribution in [2.45, 2.75) is 18.2 Å². The molecule has 1 aromatic heterocycles. The van der Waals surface area contributed by atoms with Gasteiger partial charge >= 0.3 is 0 Å². The molecule has 3 aromatic rings. The maximum atomic E-state index is 10.6. The van der Waals surface area contributed by atoms with Gasteiger partial charge in [0, 0.05) is 22.9 Å². The van der Waals surface area contributed by atoms with Gasteiger partial charge in [0.05, 0.1) is 11.5 Å². The Hall–Kier alpha value is -2.78. The highest BCUT2D eigenvalue weighted by molar-refractivity contribution is 7.99. The lowest BCUT2D eigenvalue weighted by Crippen LogP contribution is -1.99. The van der Waals surface area contributed by atoms with Crippen LogP contribution in [0.15, 0.2) is 53.7 Å². The third-order valence-corrected chi connectivity index (χ3v) is 4.72. The Bertz CT molecular complexity index is 903. The highest BCUT2D eigenvalue weighted by Gasteiger charge is 2.06. The van der Waals surface area contributed by atoms with Gasteiger partial charge in [0.15, 0.2) is 5.82 Å². The van der Waals surface area contributed by atoms with Crippen LogP contribution >= 0.6 is 23.4 Å². The molecular weight excluding hydrogens is 404 g/mol. The van der Waals surface area contributed by atoms with Gasteiger partial charge in [-0.2, -0.15) is 0 Å². The van der Waals surface area contributed by atoms with Crippen LogP contribution in [-0.2, 0) is 6.61 Å². The molecular formula is C18H17ClN4O4S. The fraction of sp³-hybridized carbons (Fsp3) is 0.222. The van der Waals surface area contributed by atoms with E-state index in [4.69, 9.17) is 21.1 Å². The van der Waals surface area contributed by atoms with E-state index in [1.807, 2.05) is 0 Å². The molecule has 8 nitrogen and oxygen atoms in total. The summed E-state index contributed by atoms with van der Waals surface area (Å²) >= 11 is 7.35. The number of nitro groups is 1. The van der Waals surface area contributed by atoms with Crippen molar-refractivity contribution in [1.82, 2.24) is 15.2 Å². The van der Waals surface area contributed by atoms with Crippen molar-refractivity contribution >= 4 is 29.1 Å². The molecule has 0 aliphatic heterocycles. The molecule has 0 amide bonds. The number of hydrogen-bond acceptors (Lipinski definition) is 7. The van der Waals surface area contributed by atoms with Crippen molar-refractivity contribution in [3.05, 3.63) is 69.5 Å². The SMILES string of the molecule is O=[N+]([O-])c1ccc(OCCCSc2n[nH]c(COc3ccc(Cl)cc3)n2)cc1. The summed E-state index contributed by atoms with van der Waals surface area (Å²) in [6.45, 7) is 0.792. The zero-order chi connectivity index (χ0) is 19.8. The van der Waals surface area contributed by atoms with Crippen molar-refractivity contribution in [2.24, 2.45) is 0 Å². The Morgan fingerprint density at radius 1 is 1.07 bits per heavy atom. The van der Waals surface area contributed by atoms with E-state index in [-0.39, 0.29) is 5.69 Å². The topological polar surface area (TPSA) is 103 Å². The fourth-order valence-electron chi connectivity index (χ4n) is 2.17. The number of hydrogen-bond donors (Lipinski definition) is 1. The molecule has 3 rings (SSSR count). The highest BCUT2D eigenvalue weighted by Crippen LogP contribution is 2.19. The molecule has 2 aromatic carbocycles. The van der Waals surface area contributed by atoms with Gasteiger partial charge in [-0.1, -0.05) is 23.4 Å². The second-order valence-corrected chi connectivity index (χ2v) is 7.11. The Kier molecular flexibility index (Phi) is 7.10. The van der Waals surface area contributed by atoms with Gasteiger partial charge in [-0.3, -0.25) is 15.2 Å². The van der Waals surface area contributed by atoms with Crippen molar-refractivity contribution in [2.75, 3.05) is 12.4 Å². The maximum absolute atomic E-state index is 10.6. The fourth-order valence-corrected chi connectivity index (χ4v) is 3.02. The summed E-state index contributed by atoms with van der Waals surface area (Å²) in [6, 6.07) is 13.1. The zero-order valence-corrected chi connectivity index (χ0v) is 16.3. The summed E-state index contributed by atoms with van der Waals surface area (Å²) in [6.07, 6.45) is 0.785. The quantitative estimate of drug-likeness (QED) is 0.223. The third kappa shape index (κ3) is 6.14. The lowest BCUT2D eigenvalue weighted by molar-refractivity contribution is -0.384. The first-order valence-electron chi connectivity index (χ1n) is 8.40. The molecule has 0 aliphatic rings. The number of benzene rings is 2. The number of rotatable bonds is 10. The minimum absolute atomic E-state index is 0.0448. The van der Waals surface area contributed by atoms with E-state index < -0.39 is 4.92 Å². The first-order valence-corrected chi connectivity index (χ1v) is 9.76. The number of nitrogens with zero attached hydrogens (tertiary/aromatic N) is 3.